The molecule has 2 rings (SSSR count). The Labute approximate surface area is 107 Å². The zero-order valence-corrected chi connectivity index (χ0v) is 10.9. The summed E-state index contributed by atoms with van der Waals surface area (Å²) < 4.78 is 12.9. The van der Waals surface area contributed by atoms with Crippen molar-refractivity contribution in [3.05, 3.63) is 34.6 Å². The highest BCUT2D eigenvalue weighted by molar-refractivity contribution is 6.31. The molecule has 0 amide bonds. The highest BCUT2D eigenvalue weighted by Crippen LogP contribution is 2.41. The van der Waals surface area contributed by atoms with Crippen molar-refractivity contribution in [1.82, 2.24) is 0 Å². The molecule has 0 saturated heterocycles. The van der Waals surface area contributed by atoms with Crippen LogP contribution in [0, 0.1) is 11.2 Å². The summed E-state index contributed by atoms with van der Waals surface area (Å²) in [6.45, 7) is 2.25. The molecule has 0 aliphatic heterocycles. The van der Waals surface area contributed by atoms with E-state index in [1.807, 2.05) is 0 Å². The van der Waals surface area contributed by atoms with Gasteiger partial charge in [-0.1, -0.05) is 37.4 Å². The Bertz CT molecular complexity index is 399. The van der Waals surface area contributed by atoms with Gasteiger partial charge in [0.1, 0.15) is 5.82 Å². The molecule has 1 nitrogen and oxygen atoms in total. The third-order valence-corrected chi connectivity index (χ3v) is 4.45. The minimum atomic E-state index is -0.292. The van der Waals surface area contributed by atoms with Crippen LogP contribution in [0.15, 0.2) is 18.2 Å². The zero-order valence-electron chi connectivity index (χ0n) is 10.2. The molecule has 3 heteroatoms. The number of benzene rings is 1. The van der Waals surface area contributed by atoms with Crippen LogP contribution in [0.4, 0.5) is 4.39 Å². The van der Waals surface area contributed by atoms with Gasteiger partial charge in [-0.05, 0) is 42.4 Å². The van der Waals surface area contributed by atoms with E-state index in [9.17, 15) is 4.39 Å². The number of nitrogens with two attached hydrogens (primary N) is 1. The molecule has 1 fully saturated rings. The Morgan fingerprint density at radius 3 is 2.65 bits per heavy atom. The first kappa shape index (κ1) is 12.8. The van der Waals surface area contributed by atoms with Crippen molar-refractivity contribution in [3.8, 4) is 0 Å². The third kappa shape index (κ3) is 2.80. The number of rotatable bonds is 3. The molecule has 0 radical (unpaired) electrons. The molecule has 1 aromatic carbocycles. The molecule has 1 aliphatic rings. The third-order valence-electron chi connectivity index (χ3n) is 4.10. The Hall–Kier alpha value is -0.600. The Kier molecular flexibility index (Phi) is 3.74. The van der Waals surface area contributed by atoms with Crippen molar-refractivity contribution in [3.63, 3.8) is 0 Å². The minimum absolute atomic E-state index is 0.105. The highest BCUT2D eigenvalue weighted by Gasteiger charge is 2.34. The van der Waals surface area contributed by atoms with Crippen LogP contribution >= 0.6 is 11.6 Å². The molecule has 1 aromatic rings. The average Bonchev–Trinajstić information content (AvgIpc) is 2.71. The van der Waals surface area contributed by atoms with E-state index in [0.717, 1.165) is 12.0 Å². The van der Waals surface area contributed by atoms with E-state index >= 15 is 0 Å². The molecule has 0 spiro atoms. The van der Waals surface area contributed by atoms with E-state index in [1.165, 1.54) is 37.8 Å². The second-order valence-corrected chi connectivity index (χ2v) is 5.81. The smallest absolute Gasteiger partial charge is 0.124 e. The number of hydrogen-bond acceptors (Lipinski definition) is 1. The number of halogens is 2. The molecule has 0 aromatic heterocycles. The summed E-state index contributed by atoms with van der Waals surface area (Å²) in [4.78, 5) is 0. The van der Waals surface area contributed by atoms with E-state index in [4.69, 9.17) is 17.3 Å². The van der Waals surface area contributed by atoms with Crippen LogP contribution in [-0.4, -0.2) is 6.04 Å². The van der Waals surface area contributed by atoms with Crippen molar-refractivity contribution in [2.45, 2.75) is 45.1 Å². The summed E-state index contributed by atoms with van der Waals surface area (Å²) in [6.07, 6.45) is 5.64. The topological polar surface area (TPSA) is 26.0 Å². The summed E-state index contributed by atoms with van der Waals surface area (Å²) >= 11 is 6.03. The van der Waals surface area contributed by atoms with Crippen LogP contribution in [0.2, 0.25) is 5.02 Å². The fourth-order valence-electron chi connectivity index (χ4n) is 2.72. The fraction of sp³-hybridized carbons (Fsp3) is 0.571. The van der Waals surface area contributed by atoms with E-state index in [2.05, 4.69) is 6.92 Å². The highest BCUT2D eigenvalue weighted by atomic mass is 35.5. The minimum Gasteiger partial charge on any atom is -0.327 e. The maximum absolute atomic E-state index is 12.9. The Morgan fingerprint density at radius 1 is 1.41 bits per heavy atom. The van der Waals surface area contributed by atoms with Crippen LogP contribution in [0.5, 0.6) is 0 Å². The van der Waals surface area contributed by atoms with Gasteiger partial charge in [0, 0.05) is 11.1 Å². The molecule has 17 heavy (non-hydrogen) atoms. The molecule has 0 bridgehead atoms. The molecular weight excluding hydrogens is 237 g/mol. The number of hydrogen-bond donors (Lipinski definition) is 1. The van der Waals surface area contributed by atoms with Crippen LogP contribution in [0.3, 0.4) is 0 Å². The largest absolute Gasteiger partial charge is 0.327 e. The van der Waals surface area contributed by atoms with Gasteiger partial charge in [-0.2, -0.15) is 0 Å². The summed E-state index contributed by atoms with van der Waals surface area (Å²) in [5.41, 5.74) is 7.47. The molecule has 1 atom stereocenters. The lowest BCUT2D eigenvalue weighted by Gasteiger charge is -2.31. The maximum atomic E-state index is 12.9. The van der Waals surface area contributed by atoms with Crippen molar-refractivity contribution in [2.75, 3.05) is 0 Å². The second-order valence-electron chi connectivity index (χ2n) is 5.41. The van der Waals surface area contributed by atoms with Crippen molar-refractivity contribution in [1.29, 1.82) is 0 Å². The van der Waals surface area contributed by atoms with Crippen LogP contribution in [0.25, 0.3) is 0 Å². The van der Waals surface area contributed by atoms with E-state index in [-0.39, 0.29) is 17.3 Å². The van der Waals surface area contributed by atoms with Gasteiger partial charge in [-0.25, -0.2) is 4.39 Å². The van der Waals surface area contributed by atoms with Crippen molar-refractivity contribution < 1.29 is 4.39 Å². The van der Waals surface area contributed by atoms with E-state index in [1.54, 1.807) is 6.07 Å². The first-order valence-corrected chi connectivity index (χ1v) is 6.58. The molecule has 1 saturated carbocycles. The molecule has 0 heterocycles. The summed E-state index contributed by atoms with van der Waals surface area (Å²) in [5.74, 6) is -0.292. The quantitative estimate of drug-likeness (QED) is 0.870. The van der Waals surface area contributed by atoms with Crippen LogP contribution in [0.1, 0.15) is 38.2 Å². The van der Waals surface area contributed by atoms with Crippen molar-refractivity contribution in [2.24, 2.45) is 11.1 Å². The van der Waals surface area contributed by atoms with Crippen LogP contribution < -0.4 is 5.73 Å². The lowest BCUT2D eigenvalue weighted by molar-refractivity contribution is 0.260. The van der Waals surface area contributed by atoms with Gasteiger partial charge in [0.15, 0.2) is 0 Å². The summed E-state index contributed by atoms with van der Waals surface area (Å²) in [5, 5.41) is 0.488. The Morgan fingerprint density at radius 2 is 2.06 bits per heavy atom. The average molecular weight is 256 g/mol. The predicted molar refractivity (Wildman–Crippen MR) is 69.7 cm³/mol. The lowest BCUT2D eigenvalue weighted by Crippen LogP contribution is -2.39. The second kappa shape index (κ2) is 4.95. The van der Waals surface area contributed by atoms with Gasteiger partial charge in [0.05, 0.1) is 0 Å². The molecule has 2 N–H and O–H groups in total. The zero-order chi connectivity index (χ0) is 12.5. The van der Waals surface area contributed by atoms with Gasteiger partial charge >= 0.3 is 0 Å². The molecular formula is C14H19ClFN. The standard InChI is InChI=1S/C14H19ClFN/c1-14(6-2-3-7-14)13(17)8-10-4-5-11(16)9-12(10)15/h4-5,9,13H,2-3,6-8,17H2,1H3. The maximum Gasteiger partial charge on any atom is 0.124 e. The van der Waals surface area contributed by atoms with E-state index < -0.39 is 0 Å². The van der Waals surface area contributed by atoms with Crippen LogP contribution in [-0.2, 0) is 6.42 Å². The van der Waals surface area contributed by atoms with Gasteiger partial charge in [0.2, 0.25) is 0 Å². The van der Waals surface area contributed by atoms with Gasteiger partial charge in [-0.15, -0.1) is 0 Å². The Balaban J connectivity index is 2.10. The fourth-order valence-corrected chi connectivity index (χ4v) is 2.97. The summed E-state index contributed by atoms with van der Waals surface area (Å²) in [6, 6.07) is 4.66. The summed E-state index contributed by atoms with van der Waals surface area (Å²) in [7, 11) is 0. The SMILES string of the molecule is CC1(C(N)Cc2ccc(F)cc2Cl)CCCC1. The van der Waals surface area contributed by atoms with E-state index in [0.29, 0.717) is 5.02 Å². The van der Waals surface area contributed by atoms with Gasteiger partial charge in [-0.3, -0.25) is 0 Å². The molecule has 94 valence electrons. The first-order valence-electron chi connectivity index (χ1n) is 6.21. The monoisotopic (exact) mass is 255 g/mol. The molecule has 1 unspecified atom stereocenters. The normalized spacial score (nSPS) is 20.5. The predicted octanol–water partition coefficient (Wildman–Crippen LogP) is 3.93. The molecule has 1 aliphatic carbocycles. The first-order chi connectivity index (χ1) is 8.01. The lowest BCUT2D eigenvalue weighted by atomic mass is 9.78. The van der Waals surface area contributed by atoms with Gasteiger partial charge < -0.3 is 5.73 Å². The van der Waals surface area contributed by atoms with Gasteiger partial charge in [0.25, 0.3) is 0 Å². The van der Waals surface area contributed by atoms with Crippen molar-refractivity contribution >= 4 is 11.6 Å².